The van der Waals surface area contributed by atoms with Crippen molar-refractivity contribution >= 4 is 27.1 Å². The van der Waals surface area contributed by atoms with Gasteiger partial charge in [-0.15, -0.1) is 11.3 Å². The van der Waals surface area contributed by atoms with Gasteiger partial charge in [0.05, 0.1) is 0 Å². The molecule has 2 nitrogen and oxygen atoms in total. The monoisotopic (exact) mass is 401 g/mol. The van der Waals surface area contributed by atoms with Crippen molar-refractivity contribution < 1.29 is 0 Å². The SMILES string of the molecule is Cc1cc(C)c(-c2c3ccc(=[N+](C)C)cc-3sc3cc(N(C)C)ccc23)c(C)c1. The fourth-order valence-electron chi connectivity index (χ4n) is 4.27. The summed E-state index contributed by atoms with van der Waals surface area (Å²) < 4.78 is 3.50. The van der Waals surface area contributed by atoms with Crippen LogP contribution in [0, 0.1) is 20.8 Å². The zero-order valence-electron chi connectivity index (χ0n) is 18.4. The van der Waals surface area contributed by atoms with Crippen molar-refractivity contribution in [3.63, 3.8) is 0 Å². The summed E-state index contributed by atoms with van der Waals surface area (Å²) in [7, 11) is 8.41. The minimum Gasteiger partial charge on any atom is -0.378 e. The molecular formula is C26H29N2S+. The van der Waals surface area contributed by atoms with Crippen LogP contribution in [0.15, 0.2) is 48.5 Å². The lowest BCUT2D eigenvalue weighted by Crippen LogP contribution is -2.21. The van der Waals surface area contributed by atoms with E-state index >= 15 is 0 Å². The first-order valence-corrected chi connectivity index (χ1v) is 10.8. The minimum absolute atomic E-state index is 1.24. The molecule has 0 bridgehead atoms. The van der Waals surface area contributed by atoms with Gasteiger partial charge in [-0.25, -0.2) is 4.58 Å². The van der Waals surface area contributed by atoms with Gasteiger partial charge in [-0.3, -0.25) is 0 Å². The number of benzene rings is 3. The summed E-state index contributed by atoms with van der Waals surface area (Å²) in [6, 6.07) is 18.3. The maximum absolute atomic E-state index is 2.32. The molecule has 0 radical (unpaired) electrons. The first-order chi connectivity index (χ1) is 13.8. The summed E-state index contributed by atoms with van der Waals surface area (Å²) in [5, 5.41) is 2.57. The Hall–Kier alpha value is -2.65. The Morgan fingerprint density at radius 3 is 2.10 bits per heavy atom. The Morgan fingerprint density at radius 2 is 1.48 bits per heavy atom. The summed E-state index contributed by atoms with van der Waals surface area (Å²) in [5.41, 5.74) is 9.30. The van der Waals surface area contributed by atoms with E-state index in [-0.39, 0.29) is 0 Å². The molecule has 0 amide bonds. The summed E-state index contributed by atoms with van der Waals surface area (Å²) in [6.07, 6.45) is 0. The summed E-state index contributed by atoms with van der Waals surface area (Å²) in [5.74, 6) is 0. The van der Waals surface area contributed by atoms with E-state index in [0.29, 0.717) is 0 Å². The second-order valence-corrected chi connectivity index (χ2v) is 9.48. The van der Waals surface area contributed by atoms with E-state index in [1.165, 1.54) is 59.4 Å². The van der Waals surface area contributed by atoms with Crippen molar-refractivity contribution in [3.05, 3.63) is 70.6 Å². The minimum atomic E-state index is 1.24. The quantitative estimate of drug-likeness (QED) is 0.309. The van der Waals surface area contributed by atoms with Crippen molar-refractivity contribution in [1.82, 2.24) is 4.58 Å². The van der Waals surface area contributed by atoms with Crippen LogP contribution in [0.2, 0.25) is 0 Å². The maximum atomic E-state index is 2.32. The summed E-state index contributed by atoms with van der Waals surface area (Å²) >= 11 is 1.88. The van der Waals surface area contributed by atoms with Crippen molar-refractivity contribution in [2.75, 3.05) is 33.1 Å². The van der Waals surface area contributed by atoms with E-state index in [2.05, 4.69) is 107 Å². The normalized spacial score (nSPS) is 11.3. The molecule has 0 unspecified atom stereocenters. The average molecular weight is 402 g/mol. The number of nitrogens with zero attached hydrogens (tertiary/aromatic N) is 2. The van der Waals surface area contributed by atoms with Gasteiger partial charge in [0.15, 0.2) is 0 Å². The van der Waals surface area contributed by atoms with Gasteiger partial charge in [0.1, 0.15) is 14.1 Å². The molecule has 2 aromatic rings. The lowest BCUT2D eigenvalue weighted by Gasteiger charge is -2.21. The van der Waals surface area contributed by atoms with Crippen LogP contribution in [0.3, 0.4) is 0 Å². The van der Waals surface area contributed by atoms with E-state index in [4.69, 9.17) is 0 Å². The second-order valence-electron chi connectivity index (χ2n) is 8.40. The van der Waals surface area contributed by atoms with Crippen LogP contribution >= 0.6 is 11.3 Å². The van der Waals surface area contributed by atoms with E-state index in [9.17, 15) is 0 Å². The number of rotatable bonds is 2. The summed E-state index contributed by atoms with van der Waals surface area (Å²) in [4.78, 5) is 3.50. The number of fused-ring (bicyclic) bond motifs is 2. The van der Waals surface area contributed by atoms with Crippen LogP contribution in [0.25, 0.3) is 31.7 Å². The van der Waals surface area contributed by atoms with Crippen molar-refractivity contribution in [2.24, 2.45) is 0 Å². The molecule has 0 spiro atoms. The molecule has 3 heteroatoms. The smallest absolute Gasteiger partial charge is 0.200 e. The number of anilines is 1. The number of hydrogen-bond acceptors (Lipinski definition) is 2. The third-order valence-corrected chi connectivity index (χ3v) is 6.76. The maximum Gasteiger partial charge on any atom is 0.200 e. The highest BCUT2D eigenvalue weighted by atomic mass is 32.1. The Morgan fingerprint density at radius 1 is 0.793 bits per heavy atom. The molecule has 0 atom stereocenters. The molecule has 0 saturated heterocycles. The van der Waals surface area contributed by atoms with Gasteiger partial charge in [-0.2, -0.15) is 0 Å². The molecule has 1 aliphatic heterocycles. The number of aryl methyl sites for hydroxylation is 3. The largest absolute Gasteiger partial charge is 0.378 e. The van der Waals surface area contributed by atoms with Gasteiger partial charge >= 0.3 is 0 Å². The van der Waals surface area contributed by atoms with Crippen molar-refractivity contribution in [3.8, 4) is 21.6 Å². The zero-order chi connectivity index (χ0) is 20.9. The van der Waals surface area contributed by atoms with E-state index in [0.717, 1.165) is 0 Å². The molecule has 148 valence electrons. The molecule has 0 aromatic heterocycles. The van der Waals surface area contributed by atoms with Gasteiger partial charge in [0.25, 0.3) is 0 Å². The lowest BCUT2D eigenvalue weighted by atomic mass is 9.88. The molecule has 29 heavy (non-hydrogen) atoms. The highest BCUT2D eigenvalue weighted by Crippen LogP contribution is 2.45. The van der Waals surface area contributed by atoms with Crippen molar-refractivity contribution in [2.45, 2.75) is 20.8 Å². The van der Waals surface area contributed by atoms with Crippen LogP contribution in [0.5, 0.6) is 0 Å². The van der Waals surface area contributed by atoms with Gasteiger partial charge < -0.3 is 4.90 Å². The lowest BCUT2D eigenvalue weighted by molar-refractivity contribution is 0.814. The predicted octanol–water partition coefficient (Wildman–Crippen LogP) is 5.70. The molecule has 0 N–H and O–H groups in total. The van der Waals surface area contributed by atoms with Crippen LogP contribution in [-0.4, -0.2) is 28.2 Å². The fraction of sp³-hybridized carbons (Fsp3) is 0.269. The second kappa shape index (κ2) is 7.31. The molecule has 1 heterocycles. The van der Waals surface area contributed by atoms with Crippen LogP contribution in [0.4, 0.5) is 5.69 Å². The standard InChI is InChI=1S/C26H29N2S/c1-16-12-17(2)25(18(3)13-16)26-21-10-8-19(27(4)5)14-23(21)29-24-15-20(28(6)7)9-11-22(24)26/h8-15H,1-7H3/q+1. The zero-order valence-corrected chi connectivity index (χ0v) is 19.2. The van der Waals surface area contributed by atoms with E-state index in [1.807, 2.05) is 11.3 Å². The highest BCUT2D eigenvalue weighted by molar-refractivity contribution is 7.21. The Bertz CT molecular complexity index is 1250. The fourth-order valence-corrected chi connectivity index (χ4v) is 5.42. The predicted molar refractivity (Wildman–Crippen MR) is 130 cm³/mol. The Labute approximate surface area is 177 Å². The summed E-state index contributed by atoms with van der Waals surface area (Å²) in [6.45, 7) is 6.66. The van der Waals surface area contributed by atoms with Gasteiger partial charge in [0.2, 0.25) is 5.36 Å². The molecule has 2 aromatic carbocycles. The molecular weight excluding hydrogens is 372 g/mol. The Balaban J connectivity index is 2.20. The van der Waals surface area contributed by atoms with Crippen molar-refractivity contribution in [1.29, 1.82) is 0 Å². The third kappa shape index (κ3) is 3.44. The molecule has 1 aliphatic carbocycles. The van der Waals surface area contributed by atoms with Crippen LogP contribution < -0.4 is 14.8 Å². The molecule has 4 rings (SSSR count). The average Bonchev–Trinajstić information content (AvgIpc) is 2.65. The van der Waals surface area contributed by atoms with Gasteiger partial charge in [0, 0.05) is 52.4 Å². The van der Waals surface area contributed by atoms with Gasteiger partial charge in [-0.1, -0.05) is 23.8 Å². The first-order valence-electron chi connectivity index (χ1n) is 10.0. The third-order valence-electron chi connectivity index (χ3n) is 5.65. The van der Waals surface area contributed by atoms with Crippen LogP contribution in [-0.2, 0) is 0 Å². The molecule has 0 fully saturated rings. The highest BCUT2D eigenvalue weighted by Gasteiger charge is 2.19. The topological polar surface area (TPSA) is 6.25 Å². The Kier molecular flexibility index (Phi) is 4.95. The first kappa shape index (κ1) is 19.7. The van der Waals surface area contributed by atoms with Crippen LogP contribution in [0.1, 0.15) is 16.7 Å². The number of hydrogen-bond donors (Lipinski definition) is 0. The van der Waals surface area contributed by atoms with Gasteiger partial charge in [-0.05, 0) is 61.2 Å². The molecule has 0 saturated carbocycles. The van der Waals surface area contributed by atoms with E-state index in [1.54, 1.807) is 0 Å². The van der Waals surface area contributed by atoms with E-state index < -0.39 is 0 Å². The molecule has 2 aliphatic rings.